The molecule has 1 aromatic rings. The van der Waals surface area contributed by atoms with Gasteiger partial charge in [-0.15, -0.1) is 0 Å². The maximum atomic E-state index is 13.0. The third-order valence-corrected chi connectivity index (χ3v) is 4.47. The second-order valence-electron chi connectivity index (χ2n) is 7.94. The summed E-state index contributed by atoms with van der Waals surface area (Å²) in [5.74, 6) is -1.05. The van der Waals surface area contributed by atoms with Gasteiger partial charge in [0.15, 0.2) is 0 Å². The van der Waals surface area contributed by atoms with Crippen LogP contribution in [0.1, 0.15) is 34.6 Å². The van der Waals surface area contributed by atoms with Crippen LogP contribution in [0.2, 0.25) is 0 Å². The largest absolute Gasteiger partial charge is 0.342 e. The SMILES string of the molecule is CCN(CC)C(=O)CN(C)CC(=O)N(CC(=O)Nc1ccc(F)cc1)C(C)(C)C. The molecule has 0 atom stereocenters. The standard InChI is InChI=1S/C21H33FN4O3/c1-7-25(8-2)19(28)14-24(6)15-20(29)26(21(3,4)5)13-18(27)23-17-11-9-16(22)10-12-17/h9-12H,7-8,13-15H2,1-6H3,(H,23,27). The van der Waals surface area contributed by atoms with Crippen LogP contribution >= 0.6 is 0 Å². The van der Waals surface area contributed by atoms with Crippen molar-refractivity contribution in [3.8, 4) is 0 Å². The first-order chi connectivity index (χ1) is 13.5. The Morgan fingerprint density at radius 1 is 0.931 bits per heavy atom. The van der Waals surface area contributed by atoms with Crippen LogP contribution in [0.25, 0.3) is 0 Å². The fraction of sp³-hybridized carbons (Fsp3) is 0.571. The van der Waals surface area contributed by atoms with Gasteiger partial charge >= 0.3 is 0 Å². The highest BCUT2D eigenvalue weighted by Crippen LogP contribution is 2.15. The van der Waals surface area contributed by atoms with E-state index in [-0.39, 0.29) is 37.4 Å². The van der Waals surface area contributed by atoms with Gasteiger partial charge < -0.3 is 15.1 Å². The zero-order valence-electron chi connectivity index (χ0n) is 18.3. The van der Waals surface area contributed by atoms with Crippen molar-refractivity contribution in [1.29, 1.82) is 0 Å². The van der Waals surface area contributed by atoms with Crippen molar-refractivity contribution in [1.82, 2.24) is 14.7 Å². The molecule has 1 N–H and O–H groups in total. The van der Waals surface area contributed by atoms with E-state index in [4.69, 9.17) is 0 Å². The van der Waals surface area contributed by atoms with Gasteiger partial charge in [0.25, 0.3) is 0 Å². The number of hydrogen-bond acceptors (Lipinski definition) is 4. The Labute approximate surface area is 172 Å². The van der Waals surface area contributed by atoms with Crippen molar-refractivity contribution in [3.05, 3.63) is 30.1 Å². The Hall–Kier alpha value is -2.48. The van der Waals surface area contributed by atoms with Gasteiger partial charge in [-0.25, -0.2) is 4.39 Å². The third-order valence-electron chi connectivity index (χ3n) is 4.47. The molecule has 162 valence electrons. The molecule has 0 aliphatic carbocycles. The summed E-state index contributed by atoms with van der Waals surface area (Å²) in [5, 5.41) is 2.67. The predicted molar refractivity (Wildman–Crippen MR) is 112 cm³/mol. The average Bonchev–Trinajstić information content (AvgIpc) is 2.61. The van der Waals surface area contributed by atoms with E-state index in [0.717, 1.165) is 0 Å². The quantitative estimate of drug-likeness (QED) is 0.680. The first kappa shape index (κ1) is 24.6. The lowest BCUT2D eigenvalue weighted by Gasteiger charge is -2.36. The number of carbonyl (C=O) groups excluding carboxylic acids is 3. The van der Waals surface area contributed by atoms with Crippen LogP contribution in [0, 0.1) is 5.82 Å². The highest BCUT2D eigenvalue weighted by atomic mass is 19.1. The van der Waals surface area contributed by atoms with Crippen LogP contribution in [-0.2, 0) is 14.4 Å². The van der Waals surface area contributed by atoms with E-state index in [0.29, 0.717) is 18.8 Å². The molecular weight excluding hydrogens is 375 g/mol. The lowest BCUT2D eigenvalue weighted by Crippen LogP contribution is -2.52. The molecule has 3 amide bonds. The maximum absolute atomic E-state index is 13.0. The van der Waals surface area contributed by atoms with Gasteiger partial charge in [-0.05, 0) is 65.9 Å². The zero-order valence-corrected chi connectivity index (χ0v) is 18.3. The molecule has 0 saturated carbocycles. The Morgan fingerprint density at radius 2 is 1.45 bits per heavy atom. The third kappa shape index (κ3) is 8.19. The second kappa shape index (κ2) is 10.9. The van der Waals surface area contributed by atoms with Crippen molar-refractivity contribution >= 4 is 23.4 Å². The topological polar surface area (TPSA) is 73.0 Å². The summed E-state index contributed by atoms with van der Waals surface area (Å²) in [4.78, 5) is 42.3. The summed E-state index contributed by atoms with van der Waals surface area (Å²) < 4.78 is 13.0. The summed E-state index contributed by atoms with van der Waals surface area (Å²) in [6, 6.07) is 5.43. The monoisotopic (exact) mass is 408 g/mol. The Kier molecular flexibility index (Phi) is 9.23. The average molecular weight is 409 g/mol. The van der Waals surface area contributed by atoms with Crippen LogP contribution in [0.4, 0.5) is 10.1 Å². The molecule has 0 saturated heterocycles. The number of nitrogens with one attached hydrogen (secondary N) is 1. The molecule has 7 nitrogen and oxygen atoms in total. The van der Waals surface area contributed by atoms with Gasteiger partial charge in [0.1, 0.15) is 12.4 Å². The summed E-state index contributed by atoms with van der Waals surface area (Å²) in [6.45, 7) is 10.6. The molecule has 0 aliphatic rings. The van der Waals surface area contributed by atoms with Crippen LogP contribution in [0.15, 0.2) is 24.3 Å². The summed E-state index contributed by atoms with van der Waals surface area (Å²) in [7, 11) is 1.71. The van der Waals surface area contributed by atoms with E-state index in [1.54, 1.807) is 16.8 Å². The minimum absolute atomic E-state index is 0.0219. The second-order valence-corrected chi connectivity index (χ2v) is 7.94. The van der Waals surface area contributed by atoms with Gasteiger partial charge in [-0.1, -0.05) is 0 Å². The first-order valence-electron chi connectivity index (χ1n) is 9.80. The van der Waals surface area contributed by atoms with E-state index in [2.05, 4.69) is 5.32 Å². The fourth-order valence-electron chi connectivity index (χ4n) is 2.86. The number of rotatable bonds is 9. The maximum Gasteiger partial charge on any atom is 0.244 e. The number of nitrogens with zero attached hydrogens (tertiary/aromatic N) is 3. The van der Waals surface area contributed by atoms with Gasteiger partial charge in [0.2, 0.25) is 17.7 Å². The summed E-state index contributed by atoms with van der Waals surface area (Å²) >= 11 is 0. The molecule has 29 heavy (non-hydrogen) atoms. The number of carbonyl (C=O) groups is 3. The van der Waals surface area contributed by atoms with Crippen molar-refractivity contribution in [2.45, 2.75) is 40.2 Å². The van der Waals surface area contributed by atoms with Crippen LogP contribution < -0.4 is 5.32 Å². The number of anilines is 1. The molecule has 8 heteroatoms. The molecule has 0 fully saturated rings. The smallest absolute Gasteiger partial charge is 0.244 e. The zero-order chi connectivity index (χ0) is 22.2. The van der Waals surface area contributed by atoms with Crippen LogP contribution in [0.3, 0.4) is 0 Å². The van der Waals surface area contributed by atoms with Crippen molar-refractivity contribution in [2.75, 3.05) is 45.1 Å². The van der Waals surface area contributed by atoms with Gasteiger partial charge in [-0.2, -0.15) is 0 Å². The van der Waals surface area contributed by atoms with E-state index < -0.39 is 11.4 Å². The molecular formula is C21H33FN4O3. The van der Waals surface area contributed by atoms with Crippen molar-refractivity contribution in [2.24, 2.45) is 0 Å². The molecule has 0 aromatic heterocycles. The first-order valence-corrected chi connectivity index (χ1v) is 9.80. The molecule has 0 radical (unpaired) electrons. The van der Waals surface area contributed by atoms with Crippen LogP contribution in [-0.4, -0.2) is 77.7 Å². The molecule has 1 rings (SSSR count). The number of likely N-dealkylation sites (N-methyl/N-ethyl adjacent to an activating group) is 2. The highest BCUT2D eigenvalue weighted by molar-refractivity contribution is 5.95. The molecule has 0 unspecified atom stereocenters. The molecule has 0 heterocycles. The molecule has 1 aromatic carbocycles. The fourth-order valence-corrected chi connectivity index (χ4v) is 2.86. The van der Waals surface area contributed by atoms with E-state index in [1.165, 1.54) is 29.2 Å². The number of amides is 3. The van der Waals surface area contributed by atoms with Crippen molar-refractivity contribution < 1.29 is 18.8 Å². The minimum atomic E-state index is -0.582. The lowest BCUT2D eigenvalue weighted by atomic mass is 10.1. The van der Waals surface area contributed by atoms with Crippen molar-refractivity contribution in [3.63, 3.8) is 0 Å². The Balaban J connectivity index is 2.74. The predicted octanol–water partition coefficient (Wildman–Crippen LogP) is 2.19. The minimum Gasteiger partial charge on any atom is -0.342 e. The number of hydrogen-bond donors (Lipinski definition) is 1. The summed E-state index contributed by atoms with van der Waals surface area (Å²) in [5.41, 5.74) is -0.124. The molecule has 0 aliphatic heterocycles. The lowest BCUT2D eigenvalue weighted by molar-refractivity contribution is -0.141. The Bertz CT molecular complexity index is 697. The number of halogens is 1. The highest BCUT2D eigenvalue weighted by Gasteiger charge is 2.29. The number of benzene rings is 1. The van der Waals surface area contributed by atoms with Gasteiger partial charge in [-0.3, -0.25) is 19.3 Å². The Morgan fingerprint density at radius 3 is 1.93 bits per heavy atom. The van der Waals surface area contributed by atoms with Gasteiger partial charge in [0.05, 0.1) is 13.1 Å². The van der Waals surface area contributed by atoms with Crippen LogP contribution in [0.5, 0.6) is 0 Å². The molecule has 0 bridgehead atoms. The van der Waals surface area contributed by atoms with E-state index >= 15 is 0 Å². The normalized spacial score (nSPS) is 11.3. The molecule has 0 spiro atoms. The van der Waals surface area contributed by atoms with E-state index in [1.807, 2.05) is 34.6 Å². The van der Waals surface area contributed by atoms with Gasteiger partial charge in [0, 0.05) is 24.3 Å². The summed E-state index contributed by atoms with van der Waals surface area (Å²) in [6.07, 6.45) is 0. The van der Waals surface area contributed by atoms with E-state index in [9.17, 15) is 18.8 Å².